The summed E-state index contributed by atoms with van der Waals surface area (Å²) in [7, 11) is 0. The van der Waals surface area contributed by atoms with Gasteiger partial charge in [-0.3, -0.25) is 9.78 Å². The van der Waals surface area contributed by atoms with Crippen molar-refractivity contribution in [1.29, 1.82) is 0 Å². The second-order valence-corrected chi connectivity index (χ2v) is 2.97. The molecule has 0 spiro atoms. The van der Waals surface area contributed by atoms with Crippen molar-refractivity contribution < 1.29 is 4.79 Å². The molecule has 64 valence electrons. The minimum Gasteiger partial charge on any atom is -0.280 e. The van der Waals surface area contributed by atoms with E-state index in [1.807, 2.05) is 12.1 Å². The van der Waals surface area contributed by atoms with E-state index < -0.39 is 0 Å². The second-order valence-electron chi connectivity index (χ2n) is 2.57. The molecule has 0 atom stereocenters. The molecule has 0 unspecified atom stereocenters. The molecule has 0 aliphatic rings. The maximum Gasteiger partial charge on any atom is 0.234 e. The van der Waals surface area contributed by atoms with Gasteiger partial charge in [0.05, 0.1) is 0 Å². The summed E-state index contributed by atoms with van der Waals surface area (Å²) in [4.78, 5) is 14.9. The molecule has 0 aliphatic carbocycles. The summed E-state index contributed by atoms with van der Waals surface area (Å²) in [5.41, 5.74) is 1.47. The lowest BCUT2D eigenvalue weighted by molar-refractivity contribution is 0.108. The summed E-state index contributed by atoms with van der Waals surface area (Å²) in [6.07, 6.45) is 3.51. The molecule has 0 saturated carbocycles. The van der Waals surface area contributed by atoms with Crippen LogP contribution in [-0.2, 0) is 6.42 Å². The van der Waals surface area contributed by atoms with Gasteiger partial charge < -0.3 is 0 Å². The monoisotopic (exact) mass is 181 g/mol. The topological polar surface area (TPSA) is 30.0 Å². The number of aryl methyl sites for hydroxylation is 1. The number of pyridine rings is 1. The molecule has 0 radical (unpaired) electrons. The number of aromatic nitrogens is 1. The maximum absolute atomic E-state index is 10.9. The van der Waals surface area contributed by atoms with Gasteiger partial charge in [0, 0.05) is 6.20 Å². The third kappa shape index (κ3) is 2.08. The summed E-state index contributed by atoms with van der Waals surface area (Å²) in [5.74, 6) is 0. The van der Waals surface area contributed by atoms with Gasteiger partial charge in [-0.05, 0) is 18.1 Å². The molecule has 1 rings (SSSR count). The smallest absolute Gasteiger partial charge is 0.234 e. The first kappa shape index (κ1) is 9.26. The molecule has 1 aromatic rings. The van der Waals surface area contributed by atoms with Crippen molar-refractivity contribution in [2.75, 3.05) is 0 Å². The van der Waals surface area contributed by atoms with Gasteiger partial charge in [0.1, 0.15) is 5.69 Å². The highest BCUT2D eigenvalue weighted by Gasteiger charge is 2.06. The molecule has 3 heteroatoms. The van der Waals surface area contributed by atoms with Crippen LogP contribution in [0.15, 0.2) is 18.3 Å². The molecule has 1 aromatic heterocycles. The molecular formula is C9H11NOS. The molecule has 2 nitrogen and oxygen atoms in total. The maximum atomic E-state index is 10.9. The van der Waals surface area contributed by atoms with Crippen molar-refractivity contribution in [3.8, 4) is 0 Å². The lowest BCUT2D eigenvalue weighted by Gasteiger charge is -2.01. The number of hydrogen-bond donors (Lipinski definition) is 1. The summed E-state index contributed by atoms with van der Waals surface area (Å²) < 4.78 is 0. The van der Waals surface area contributed by atoms with Gasteiger partial charge >= 0.3 is 0 Å². The Balaban J connectivity index is 3.00. The highest BCUT2D eigenvalue weighted by Crippen LogP contribution is 2.09. The van der Waals surface area contributed by atoms with E-state index in [2.05, 4.69) is 24.5 Å². The van der Waals surface area contributed by atoms with Crippen LogP contribution in [0.1, 0.15) is 29.4 Å². The van der Waals surface area contributed by atoms with E-state index in [1.54, 1.807) is 6.20 Å². The van der Waals surface area contributed by atoms with Crippen LogP contribution in [0.4, 0.5) is 0 Å². The summed E-state index contributed by atoms with van der Waals surface area (Å²) in [6.45, 7) is 2.07. The minimum atomic E-state index is -0.251. The van der Waals surface area contributed by atoms with E-state index in [4.69, 9.17) is 0 Å². The molecule has 12 heavy (non-hydrogen) atoms. The van der Waals surface area contributed by atoms with Crippen LogP contribution in [0, 0.1) is 0 Å². The van der Waals surface area contributed by atoms with Crippen LogP contribution in [0.5, 0.6) is 0 Å². The van der Waals surface area contributed by atoms with Crippen LogP contribution in [0.25, 0.3) is 0 Å². The molecule has 0 bridgehead atoms. The Morgan fingerprint density at radius 1 is 1.67 bits per heavy atom. The Morgan fingerprint density at radius 3 is 3.00 bits per heavy atom. The predicted octanol–water partition coefficient (Wildman–Crippen LogP) is 2.10. The standard InChI is InChI=1S/C9H11NOS/c1-2-4-7-5-3-6-10-8(7)9(11)12/h3,5-6H,2,4H2,1H3,(H,11,12). The van der Waals surface area contributed by atoms with Crippen molar-refractivity contribution in [2.45, 2.75) is 19.8 Å². The van der Waals surface area contributed by atoms with Gasteiger partial charge in [0.15, 0.2) is 0 Å². The molecule has 0 fully saturated rings. The molecule has 0 N–H and O–H groups in total. The zero-order valence-electron chi connectivity index (χ0n) is 6.95. The van der Waals surface area contributed by atoms with Gasteiger partial charge in [-0.1, -0.05) is 32.0 Å². The van der Waals surface area contributed by atoms with E-state index in [-0.39, 0.29) is 5.12 Å². The molecule has 0 amide bonds. The normalized spacial score (nSPS) is 9.83. The molecule has 0 aromatic carbocycles. The quantitative estimate of drug-likeness (QED) is 0.724. The van der Waals surface area contributed by atoms with Crippen molar-refractivity contribution in [2.24, 2.45) is 0 Å². The number of thiol groups is 1. The average Bonchev–Trinajstić information content (AvgIpc) is 2.05. The summed E-state index contributed by atoms with van der Waals surface area (Å²) in [5, 5.41) is -0.251. The van der Waals surface area contributed by atoms with Crippen molar-refractivity contribution in [1.82, 2.24) is 4.98 Å². The highest BCUT2D eigenvalue weighted by atomic mass is 32.1. The largest absolute Gasteiger partial charge is 0.280 e. The molecule has 0 saturated heterocycles. The van der Waals surface area contributed by atoms with Crippen molar-refractivity contribution >= 4 is 17.7 Å². The van der Waals surface area contributed by atoms with Crippen molar-refractivity contribution in [3.05, 3.63) is 29.6 Å². The number of nitrogens with zero attached hydrogens (tertiary/aromatic N) is 1. The molecule has 1 heterocycles. The van der Waals surface area contributed by atoms with Crippen LogP contribution in [-0.4, -0.2) is 10.1 Å². The first-order chi connectivity index (χ1) is 5.75. The third-order valence-electron chi connectivity index (χ3n) is 1.61. The lowest BCUT2D eigenvalue weighted by Crippen LogP contribution is -2.00. The van der Waals surface area contributed by atoms with Gasteiger partial charge in [-0.25, -0.2) is 0 Å². The van der Waals surface area contributed by atoms with E-state index in [0.29, 0.717) is 5.69 Å². The number of carbonyl (C=O) groups is 1. The third-order valence-corrected chi connectivity index (χ3v) is 1.82. The Hall–Kier alpha value is -0.830. The first-order valence-electron chi connectivity index (χ1n) is 3.93. The fourth-order valence-electron chi connectivity index (χ4n) is 1.10. The Kier molecular flexibility index (Phi) is 3.29. The lowest BCUT2D eigenvalue weighted by atomic mass is 10.1. The Morgan fingerprint density at radius 2 is 2.42 bits per heavy atom. The first-order valence-corrected chi connectivity index (χ1v) is 4.37. The second kappa shape index (κ2) is 4.26. The zero-order chi connectivity index (χ0) is 8.97. The summed E-state index contributed by atoms with van der Waals surface area (Å²) >= 11 is 3.75. The number of hydrogen-bond acceptors (Lipinski definition) is 2. The fourth-order valence-corrected chi connectivity index (χ4v) is 1.30. The van der Waals surface area contributed by atoms with Crippen molar-refractivity contribution in [3.63, 3.8) is 0 Å². The predicted molar refractivity (Wildman–Crippen MR) is 51.5 cm³/mol. The minimum absolute atomic E-state index is 0.251. The van der Waals surface area contributed by atoms with E-state index in [1.165, 1.54) is 0 Å². The van der Waals surface area contributed by atoms with Crippen LogP contribution in [0.3, 0.4) is 0 Å². The molecular weight excluding hydrogens is 170 g/mol. The molecule has 0 aliphatic heterocycles. The Labute approximate surface area is 77.4 Å². The van der Waals surface area contributed by atoms with E-state index in [0.717, 1.165) is 18.4 Å². The SMILES string of the molecule is CCCc1cccnc1C(=O)S. The van der Waals surface area contributed by atoms with Crippen LogP contribution in [0.2, 0.25) is 0 Å². The van der Waals surface area contributed by atoms with Crippen LogP contribution >= 0.6 is 12.6 Å². The average molecular weight is 181 g/mol. The van der Waals surface area contributed by atoms with Gasteiger partial charge in [0.25, 0.3) is 0 Å². The Bertz CT molecular complexity index is 286. The summed E-state index contributed by atoms with van der Waals surface area (Å²) in [6, 6.07) is 3.76. The van der Waals surface area contributed by atoms with Gasteiger partial charge in [0.2, 0.25) is 5.12 Å². The number of rotatable bonds is 3. The van der Waals surface area contributed by atoms with E-state index >= 15 is 0 Å². The zero-order valence-corrected chi connectivity index (χ0v) is 7.84. The fraction of sp³-hybridized carbons (Fsp3) is 0.333. The highest BCUT2D eigenvalue weighted by molar-refractivity contribution is 7.97. The van der Waals surface area contributed by atoms with Crippen LogP contribution < -0.4 is 0 Å². The van der Waals surface area contributed by atoms with Gasteiger partial charge in [-0.15, -0.1) is 0 Å². The number of carbonyl (C=O) groups excluding carboxylic acids is 1. The van der Waals surface area contributed by atoms with Gasteiger partial charge in [-0.2, -0.15) is 0 Å². The van der Waals surface area contributed by atoms with E-state index in [9.17, 15) is 4.79 Å².